The Balaban J connectivity index is 1.73. The highest BCUT2D eigenvalue weighted by atomic mass is 79.9. The van der Waals surface area contributed by atoms with Gasteiger partial charge in [-0.2, -0.15) is 4.31 Å². The van der Waals surface area contributed by atoms with E-state index in [1.807, 2.05) is 4.90 Å². The van der Waals surface area contributed by atoms with Gasteiger partial charge >= 0.3 is 0 Å². The Labute approximate surface area is 143 Å². The lowest BCUT2D eigenvalue weighted by molar-refractivity contribution is -0.135. The largest absolute Gasteiger partial charge is 0.342 e. The minimum Gasteiger partial charge on any atom is -0.342 e. The van der Waals surface area contributed by atoms with E-state index in [9.17, 15) is 13.2 Å². The molecule has 122 valence electrons. The normalized spacial score (nSPS) is 23.9. The van der Waals surface area contributed by atoms with E-state index in [-0.39, 0.29) is 11.8 Å². The van der Waals surface area contributed by atoms with Crippen LogP contribution in [0.4, 0.5) is 0 Å². The van der Waals surface area contributed by atoms with Crippen LogP contribution in [0.1, 0.15) is 25.7 Å². The standard InChI is InChI=1S/C14H19BrN2O3S2/c15-12-5-6-13(21-12)22(19,20)17-9-3-4-11(10-17)14(18)16-7-1-2-8-16/h5-6,11H,1-4,7-10H2. The van der Waals surface area contributed by atoms with Crippen LogP contribution < -0.4 is 0 Å². The molecule has 1 aromatic heterocycles. The molecule has 3 rings (SSSR count). The second-order valence-electron chi connectivity index (χ2n) is 5.79. The number of likely N-dealkylation sites (tertiary alicyclic amines) is 1. The van der Waals surface area contributed by atoms with Crippen LogP contribution >= 0.6 is 27.3 Å². The first kappa shape index (κ1) is 16.4. The van der Waals surface area contributed by atoms with Crippen LogP contribution in [-0.4, -0.2) is 49.7 Å². The van der Waals surface area contributed by atoms with Gasteiger partial charge in [0.1, 0.15) is 4.21 Å². The zero-order valence-corrected chi connectivity index (χ0v) is 15.4. The molecular formula is C14H19BrN2O3S2. The van der Waals surface area contributed by atoms with Crippen LogP contribution in [0.25, 0.3) is 0 Å². The number of hydrogen-bond acceptors (Lipinski definition) is 4. The Morgan fingerprint density at radius 3 is 2.55 bits per heavy atom. The van der Waals surface area contributed by atoms with Crippen molar-refractivity contribution < 1.29 is 13.2 Å². The number of carbonyl (C=O) groups excluding carboxylic acids is 1. The zero-order valence-electron chi connectivity index (χ0n) is 12.2. The summed E-state index contributed by atoms with van der Waals surface area (Å²) in [4.78, 5) is 14.4. The van der Waals surface area contributed by atoms with Gasteiger partial charge in [0.25, 0.3) is 10.0 Å². The number of rotatable bonds is 3. The maximum atomic E-state index is 12.7. The molecule has 1 aromatic rings. The van der Waals surface area contributed by atoms with E-state index in [0.29, 0.717) is 17.3 Å². The maximum absolute atomic E-state index is 12.7. The van der Waals surface area contributed by atoms with Crippen molar-refractivity contribution in [3.05, 3.63) is 15.9 Å². The van der Waals surface area contributed by atoms with Crippen LogP contribution in [0, 0.1) is 5.92 Å². The Kier molecular flexibility index (Phi) is 4.92. The quantitative estimate of drug-likeness (QED) is 0.774. The molecule has 2 aliphatic rings. The summed E-state index contributed by atoms with van der Waals surface area (Å²) in [6, 6.07) is 3.37. The van der Waals surface area contributed by atoms with E-state index >= 15 is 0 Å². The predicted molar refractivity (Wildman–Crippen MR) is 89.3 cm³/mol. The predicted octanol–water partition coefficient (Wildman–Crippen LogP) is 2.53. The highest BCUT2D eigenvalue weighted by Crippen LogP contribution is 2.31. The van der Waals surface area contributed by atoms with E-state index < -0.39 is 10.0 Å². The molecule has 0 aromatic carbocycles. The molecule has 2 aliphatic heterocycles. The third-order valence-corrected chi connectivity index (χ3v) is 8.25. The van der Waals surface area contributed by atoms with Gasteiger partial charge in [0.2, 0.25) is 5.91 Å². The number of sulfonamides is 1. The second-order valence-corrected chi connectivity index (χ2v) is 10.4. The van der Waals surface area contributed by atoms with E-state index in [1.54, 1.807) is 12.1 Å². The summed E-state index contributed by atoms with van der Waals surface area (Å²) in [5, 5.41) is 0. The van der Waals surface area contributed by atoms with Crippen molar-refractivity contribution in [1.29, 1.82) is 0 Å². The van der Waals surface area contributed by atoms with Crippen molar-refractivity contribution >= 4 is 43.2 Å². The molecule has 2 saturated heterocycles. The average Bonchev–Trinajstić information content (AvgIpc) is 3.18. The SMILES string of the molecule is O=C(C1CCCN(S(=O)(=O)c2ccc(Br)s2)C1)N1CCCC1. The topological polar surface area (TPSA) is 57.7 Å². The number of carbonyl (C=O) groups is 1. The Bertz CT molecular complexity index is 653. The summed E-state index contributed by atoms with van der Waals surface area (Å²) in [6.07, 6.45) is 3.65. The summed E-state index contributed by atoms with van der Waals surface area (Å²) < 4.78 is 28.0. The van der Waals surface area contributed by atoms with Crippen LogP contribution in [0.2, 0.25) is 0 Å². The fraction of sp³-hybridized carbons (Fsp3) is 0.643. The van der Waals surface area contributed by atoms with Gasteiger partial charge in [0.05, 0.1) is 9.70 Å². The highest BCUT2D eigenvalue weighted by Gasteiger charge is 2.36. The molecule has 3 heterocycles. The number of nitrogens with zero attached hydrogens (tertiary/aromatic N) is 2. The highest BCUT2D eigenvalue weighted by molar-refractivity contribution is 9.11. The van der Waals surface area contributed by atoms with Gasteiger partial charge in [-0.3, -0.25) is 4.79 Å². The molecule has 0 spiro atoms. The summed E-state index contributed by atoms with van der Waals surface area (Å²) >= 11 is 4.52. The molecule has 0 aliphatic carbocycles. The fourth-order valence-corrected chi connectivity index (χ4v) is 6.81. The van der Waals surface area contributed by atoms with Crippen LogP contribution in [0.3, 0.4) is 0 Å². The Hall–Kier alpha value is -0.440. The van der Waals surface area contributed by atoms with Gasteiger partial charge in [-0.25, -0.2) is 8.42 Å². The van der Waals surface area contributed by atoms with Crippen molar-refractivity contribution in [2.45, 2.75) is 29.9 Å². The van der Waals surface area contributed by atoms with E-state index in [1.165, 1.54) is 15.6 Å². The van der Waals surface area contributed by atoms with Crippen molar-refractivity contribution in [1.82, 2.24) is 9.21 Å². The Morgan fingerprint density at radius 2 is 1.91 bits per heavy atom. The molecule has 0 N–H and O–H groups in total. The van der Waals surface area contributed by atoms with Gasteiger partial charge in [0.15, 0.2) is 0 Å². The molecule has 1 amide bonds. The molecule has 1 atom stereocenters. The molecule has 22 heavy (non-hydrogen) atoms. The van der Waals surface area contributed by atoms with E-state index in [4.69, 9.17) is 0 Å². The lowest BCUT2D eigenvalue weighted by Crippen LogP contribution is -2.45. The molecular weight excluding hydrogens is 388 g/mol. The van der Waals surface area contributed by atoms with Gasteiger partial charge in [-0.05, 0) is 53.7 Å². The van der Waals surface area contributed by atoms with Crippen molar-refractivity contribution in [3.8, 4) is 0 Å². The minimum absolute atomic E-state index is 0.129. The average molecular weight is 407 g/mol. The minimum atomic E-state index is -3.48. The fourth-order valence-electron chi connectivity index (χ4n) is 3.12. The first-order chi connectivity index (χ1) is 10.5. The van der Waals surface area contributed by atoms with E-state index in [2.05, 4.69) is 15.9 Å². The monoisotopic (exact) mass is 406 g/mol. The van der Waals surface area contributed by atoms with Gasteiger partial charge in [0, 0.05) is 26.2 Å². The number of amides is 1. The van der Waals surface area contributed by atoms with Crippen molar-refractivity contribution in [2.24, 2.45) is 5.92 Å². The third kappa shape index (κ3) is 3.25. The summed E-state index contributed by atoms with van der Waals surface area (Å²) in [5.74, 6) is -0.0604. The molecule has 8 heteroatoms. The molecule has 1 unspecified atom stereocenters. The number of halogens is 1. The molecule has 5 nitrogen and oxygen atoms in total. The summed E-state index contributed by atoms with van der Waals surface area (Å²) in [5.41, 5.74) is 0. The van der Waals surface area contributed by atoms with E-state index in [0.717, 1.165) is 42.6 Å². The summed E-state index contributed by atoms with van der Waals surface area (Å²) in [7, 11) is -3.48. The first-order valence-electron chi connectivity index (χ1n) is 7.53. The number of thiophene rings is 1. The van der Waals surface area contributed by atoms with Gasteiger partial charge < -0.3 is 4.90 Å². The number of hydrogen-bond donors (Lipinski definition) is 0. The smallest absolute Gasteiger partial charge is 0.252 e. The first-order valence-corrected chi connectivity index (χ1v) is 10.6. The lowest BCUT2D eigenvalue weighted by atomic mass is 9.98. The van der Waals surface area contributed by atoms with Crippen molar-refractivity contribution in [2.75, 3.05) is 26.2 Å². The second kappa shape index (κ2) is 6.59. The molecule has 0 radical (unpaired) electrons. The zero-order chi connectivity index (χ0) is 15.7. The molecule has 2 fully saturated rings. The number of piperidine rings is 1. The molecule has 0 saturated carbocycles. The van der Waals surface area contributed by atoms with Gasteiger partial charge in [-0.1, -0.05) is 0 Å². The maximum Gasteiger partial charge on any atom is 0.252 e. The van der Waals surface area contributed by atoms with Crippen LogP contribution in [0.5, 0.6) is 0 Å². The Morgan fingerprint density at radius 1 is 1.18 bits per heavy atom. The summed E-state index contributed by atoms with van der Waals surface area (Å²) in [6.45, 7) is 2.45. The molecule has 0 bridgehead atoms. The lowest BCUT2D eigenvalue weighted by Gasteiger charge is -2.32. The van der Waals surface area contributed by atoms with Gasteiger partial charge in [-0.15, -0.1) is 11.3 Å². The van der Waals surface area contributed by atoms with Crippen molar-refractivity contribution in [3.63, 3.8) is 0 Å². The third-order valence-electron chi connectivity index (χ3n) is 4.29. The van der Waals surface area contributed by atoms with Crippen LogP contribution in [0.15, 0.2) is 20.1 Å². The van der Waals surface area contributed by atoms with Crippen LogP contribution in [-0.2, 0) is 14.8 Å².